The van der Waals surface area contributed by atoms with Gasteiger partial charge >= 0.3 is 0 Å². The molecule has 0 aliphatic carbocycles. The van der Waals surface area contributed by atoms with E-state index in [9.17, 15) is 4.79 Å². The molecule has 1 aliphatic rings. The van der Waals surface area contributed by atoms with Crippen molar-refractivity contribution in [1.82, 2.24) is 0 Å². The van der Waals surface area contributed by atoms with E-state index in [1.54, 1.807) is 25.3 Å². The van der Waals surface area contributed by atoms with E-state index < -0.39 is 0 Å². The fourth-order valence-electron chi connectivity index (χ4n) is 2.78. The summed E-state index contributed by atoms with van der Waals surface area (Å²) in [5.41, 5.74) is 1.90. The van der Waals surface area contributed by atoms with Gasteiger partial charge in [-0.3, -0.25) is 4.79 Å². The zero-order chi connectivity index (χ0) is 19.2. The third-order valence-corrected chi connectivity index (χ3v) is 4.97. The molecule has 0 amide bonds. The highest BCUT2D eigenvalue weighted by Gasteiger charge is 2.23. The maximum Gasteiger partial charge on any atom is 0.196 e. The molecule has 0 radical (unpaired) electrons. The Bertz CT molecular complexity index is 863. The number of alkyl halides is 1. The third-order valence-electron chi connectivity index (χ3n) is 4.18. The van der Waals surface area contributed by atoms with Gasteiger partial charge in [0.15, 0.2) is 17.3 Å². The lowest BCUT2D eigenvalue weighted by atomic mass is 9.98. The van der Waals surface area contributed by atoms with Crippen molar-refractivity contribution in [3.63, 3.8) is 0 Å². The minimum Gasteiger partial charge on any atom is -0.493 e. The van der Waals surface area contributed by atoms with Crippen molar-refractivity contribution in [3.8, 4) is 17.2 Å². The smallest absolute Gasteiger partial charge is 0.196 e. The van der Waals surface area contributed by atoms with Gasteiger partial charge in [0, 0.05) is 15.9 Å². The maximum absolute atomic E-state index is 12.7. The molecule has 6 heteroatoms. The van der Waals surface area contributed by atoms with E-state index in [4.69, 9.17) is 25.8 Å². The first-order valence-electron chi connectivity index (χ1n) is 8.67. The predicted octanol–water partition coefficient (Wildman–Crippen LogP) is 5.56. The number of fused-ring (bicyclic) bond motifs is 1. The highest BCUT2D eigenvalue weighted by Crippen LogP contribution is 2.32. The number of halogens is 2. The van der Waals surface area contributed by atoms with Crippen LogP contribution in [0.3, 0.4) is 0 Å². The van der Waals surface area contributed by atoms with E-state index in [0.717, 1.165) is 23.7 Å². The second-order valence-corrected chi connectivity index (χ2v) is 7.31. The molecule has 1 aliphatic heterocycles. The molecule has 3 rings (SSSR count). The first-order valence-corrected chi connectivity index (χ1v) is 10.2. The number of ether oxygens (including phenoxy) is 3. The van der Waals surface area contributed by atoms with Gasteiger partial charge < -0.3 is 14.2 Å². The Morgan fingerprint density at radius 1 is 1.19 bits per heavy atom. The van der Waals surface area contributed by atoms with E-state index in [1.807, 2.05) is 24.3 Å². The topological polar surface area (TPSA) is 44.8 Å². The van der Waals surface area contributed by atoms with E-state index in [2.05, 4.69) is 15.9 Å². The Hall–Kier alpha value is -1.98. The van der Waals surface area contributed by atoms with E-state index in [1.165, 1.54) is 0 Å². The lowest BCUT2D eigenvalue weighted by Gasteiger charge is -2.19. The second kappa shape index (κ2) is 9.29. The minimum absolute atomic E-state index is 0.0761. The number of unbranched alkanes of at least 4 members (excludes halogenated alkanes) is 1. The van der Waals surface area contributed by atoms with Crippen molar-refractivity contribution >= 4 is 39.4 Å². The van der Waals surface area contributed by atoms with Crippen LogP contribution in [0.25, 0.3) is 6.08 Å². The summed E-state index contributed by atoms with van der Waals surface area (Å²) in [6, 6.07) is 10.7. The average Bonchev–Trinajstić information content (AvgIpc) is 2.68. The molecule has 27 heavy (non-hydrogen) atoms. The van der Waals surface area contributed by atoms with Crippen LogP contribution < -0.4 is 14.2 Å². The Labute approximate surface area is 172 Å². The number of ketones is 1. The van der Waals surface area contributed by atoms with Gasteiger partial charge in [-0.2, -0.15) is 0 Å². The molecular weight excluding hydrogens is 432 g/mol. The summed E-state index contributed by atoms with van der Waals surface area (Å²) in [4.78, 5) is 12.7. The number of carbonyl (C=O) groups is 1. The summed E-state index contributed by atoms with van der Waals surface area (Å²) in [7, 11) is 1.60. The summed E-state index contributed by atoms with van der Waals surface area (Å²) in [5.74, 6) is 1.81. The summed E-state index contributed by atoms with van der Waals surface area (Å²) in [6.07, 6.45) is 3.83. The van der Waals surface area contributed by atoms with Crippen LogP contribution in [0.2, 0.25) is 5.02 Å². The third kappa shape index (κ3) is 4.85. The molecule has 0 N–H and O–H groups in total. The van der Waals surface area contributed by atoms with Crippen molar-refractivity contribution < 1.29 is 19.0 Å². The molecule has 2 aromatic carbocycles. The monoisotopic (exact) mass is 450 g/mol. The number of Topliss-reactive ketones (excluding diaryl/α,β-unsaturated/α-hetero) is 1. The maximum atomic E-state index is 12.7. The largest absolute Gasteiger partial charge is 0.493 e. The number of methoxy groups -OCH3 is 1. The molecule has 0 fully saturated rings. The van der Waals surface area contributed by atoms with Gasteiger partial charge in [0.1, 0.15) is 12.4 Å². The van der Waals surface area contributed by atoms with Crippen LogP contribution in [0.1, 0.15) is 28.8 Å². The molecule has 0 spiro atoms. The van der Waals surface area contributed by atoms with Crippen LogP contribution in [-0.4, -0.2) is 31.4 Å². The van der Waals surface area contributed by atoms with Gasteiger partial charge in [0.25, 0.3) is 0 Å². The second-order valence-electron chi connectivity index (χ2n) is 6.08. The Kier molecular flexibility index (Phi) is 6.80. The van der Waals surface area contributed by atoms with Crippen molar-refractivity contribution in [1.29, 1.82) is 0 Å². The van der Waals surface area contributed by atoms with Crippen LogP contribution in [-0.2, 0) is 0 Å². The SMILES string of the molecule is COc1cc(C=C2COc3ccc(Cl)cc3C2=O)ccc1OCCCCBr. The van der Waals surface area contributed by atoms with Crippen molar-refractivity contribution in [2.75, 3.05) is 25.7 Å². The van der Waals surface area contributed by atoms with Crippen LogP contribution >= 0.6 is 27.5 Å². The Morgan fingerprint density at radius 3 is 2.81 bits per heavy atom. The number of rotatable bonds is 7. The van der Waals surface area contributed by atoms with Gasteiger partial charge in [-0.25, -0.2) is 0 Å². The summed E-state index contributed by atoms with van der Waals surface area (Å²) < 4.78 is 16.9. The van der Waals surface area contributed by atoms with E-state index >= 15 is 0 Å². The van der Waals surface area contributed by atoms with Crippen LogP contribution in [0.5, 0.6) is 17.2 Å². The zero-order valence-electron chi connectivity index (χ0n) is 15.0. The molecule has 4 nitrogen and oxygen atoms in total. The lowest BCUT2D eigenvalue weighted by molar-refractivity contribution is 0.100. The first kappa shape index (κ1) is 19.8. The highest BCUT2D eigenvalue weighted by molar-refractivity contribution is 9.09. The van der Waals surface area contributed by atoms with Crippen LogP contribution in [0.4, 0.5) is 0 Å². The summed E-state index contributed by atoms with van der Waals surface area (Å²) in [6.45, 7) is 0.854. The van der Waals surface area contributed by atoms with Gasteiger partial charge in [-0.05, 0) is 54.8 Å². The number of hydrogen-bond donors (Lipinski definition) is 0. The fraction of sp³-hybridized carbons (Fsp3) is 0.286. The van der Waals surface area contributed by atoms with Crippen molar-refractivity contribution in [2.45, 2.75) is 12.8 Å². The highest BCUT2D eigenvalue weighted by atomic mass is 79.9. The molecular formula is C21H20BrClO4. The molecule has 1 heterocycles. The first-order chi connectivity index (χ1) is 13.1. The zero-order valence-corrected chi connectivity index (χ0v) is 17.3. The summed E-state index contributed by atoms with van der Waals surface area (Å²) in [5, 5.41) is 1.47. The molecule has 0 bridgehead atoms. The number of hydrogen-bond acceptors (Lipinski definition) is 4. The normalized spacial score (nSPS) is 14.6. The van der Waals surface area contributed by atoms with Crippen LogP contribution in [0, 0.1) is 0 Å². The standard InChI is InChI=1S/C21H20BrClO4/c1-25-20-11-14(4-6-19(20)26-9-3-2-8-22)10-15-13-27-18-7-5-16(23)12-17(18)21(15)24/h4-7,10-12H,2-3,8-9,13H2,1H3. The Balaban J connectivity index is 1.79. The van der Waals surface area contributed by atoms with E-state index in [0.29, 0.717) is 40.0 Å². The van der Waals surface area contributed by atoms with Gasteiger partial charge in [-0.1, -0.05) is 33.6 Å². The predicted molar refractivity (Wildman–Crippen MR) is 111 cm³/mol. The Morgan fingerprint density at radius 2 is 2.04 bits per heavy atom. The summed E-state index contributed by atoms with van der Waals surface area (Å²) >= 11 is 9.42. The van der Waals surface area contributed by atoms with Crippen molar-refractivity contribution in [2.24, 2.45) is 0 Å². The van der Waals surface area contributed by atoms with Gasteiger partial charge in [0.05, 0.1) is 19.3 Å². The quantitative estimate of drug-likeness (QED) is 0.314. The minimum atomic E-state index is -0.0761. The van der Waals surface area contributed by atoms with Crippen LogP contribution in [0.15, 0.2) is 42.0 Å². The molecule has 0 saturated carbocycles. The van der Waals surface area contributed by atoms with Crippen molar-refractivity contribution in [3.05, 3.63) is 58.1 Å². The molecule has 0 unspecified atom stereocenters. The lowest BCUT2D eigenvalue weighted by Crippen LogP contribution is -2.18. The number of carbonyl (C=O) groups excluding carboxylic acids is 1. The van der Waals surface area contributed by atoms with Gasteiger partial charge in [-0.15, -0.1) is 0 Å². The van der Waals surface area contributed by atoms with E-state index in [-0.39, 0.29) is 12.4 Å². The molecule has 2 aromatic rings. The molecule has 0 saturated heterocycles. The van der Waals surface area contributed by atoms with Gasteiger partial charge in [0.2, 0.25) is 0 Å². The molecule has 142 valence electrons. The number of benzene rings is 2. The fourth-order valence-corrected chi connectivity index (χ4v) is 3.35. The molecule has 0 aromatic heterocycles. The molecule has 0 atom stereocenters. The average molecular weight is 452 g/mol.